The number of ketones is 1. The maximum absolute atomic E-state index is 11.6. The number of carbonyl (C=O) groups is 2. The first-order chi connectivity index (χ1) is 8.54. The van der Waals surface area contributed by atoms with Gasteiger partial charge in [-0.3, -0.25) is 4.79 Å². The molecular formula is C12H15N2NaO4. The number of hydrogen-bond donors (Lipinski definition) is 0. The van der Waals surface area contributed by atoms with Crippen LogP contribution in [0.25, 0.3) is 0 Å². The van der Waals surface area contributed by atoms with Crippen LogP contribution in [0.2, 0.25) is 0 Å². The molecule has 1 unspecified atom stereocenters. The molecule has 0 saturated carbocycles. The van der Waals surface area contributed by atoms with Gasteiger partial charge in [-0.05, 0) is 6.92 Å². The average molecular weight is 274 g/mol. The minimum Gasteiger partial charge on any atom is -0.550 e. The second-order valence-corrected chi connectivity index (χ2v) is 4.50. The van der Waals surface area contributed by atoms with Crippen LogP contribution >= 0.6 is 0 Å². The molecule has 0 N–H and O–H groups in total. The van der Waals surface area contributed by atoms with Crippen LogP contribution in [0, 0.1) is 0 Å². The average Bonchev–Trinajstić information content (AvgIpc) is 2.27. The van der Waals surface area contributed by atoms with E-state index in [-0.39, 0.29) is 54.3 Å². The van der Waals surface area contributed by atoms with Crippen molar-refractivity contribution in [1.29, 1.82) is 0 Å². The second kappa shape index (κ2) is 7.19. The predicted molar refractivity (Wildman–Crippen MR) is 61.8 cm³/mol. The molecule has 0 aromatic heterocycles. The quantitative estimate of drug-likeness (QED) is 0.491. The van der Waals surface area contributed by atoms with E-state index in [1.807, 2.05) is 11.8 Å². The van der Waals surface area contributed by atoms with E-state index < -0.39 is 5.97 Å². The molecule has 19 heavy (non-hydrogen) atoms. The van der Waals surface area contributed by atoms with Gasteiger partial charge in [0.15, 0.2) is 5.78 Å². The van der Waals surface area contributed by atoms with Crippen molar-refractivity contribution in [1.82, 2.24) is 4.90 Å². The van der Waals surface area contributed by atoms with Crippen LogP contribution in [-0.4, -0.2) is 48.2 Å². The molecule has 98 valence electrons. The van der Waals surface area contributed by atoms with Gasteiger partial charge in [0.1, 0.15) is 5.82 Å². The minimum absolute atomic E-state index is 0. The zero-order chi connectivity index (χ0) is 13.1. The van der Waals surface area contributed by atoms with Crippen molar-refractivity contribution in [3.05, 3.63) is 11.9 Å². The number of carbonyl (C=O) groups excluding carboxylic acids is 2. The van der Waals surface area contributed by atoms with Crippen LogP contribution in [0.5, 0.6) is 0 Å². The van der Waals surface area contributed by atoms with Crippen molar-refractivity contribution < 1.29 is 49.0 Å². The van der Waals surface area contributed by atoms with E-state index in [1.54, 1.807) is 0 Å². The number of carboxylic acid groups (broad SMARTS) is 1. The number of aliphatic imine (C=N–C) groups is 1. The van der Waals surface area contributed by atoms with Gasteiger partial charge in [-0.25, -0.2) is 4.99 Å². The molecule has 0 amide bonds. The molecule has 0 spiro atoms. The third-order valence-electron chi connectivity index (χ3n) is 2.85. The molecule has 7 heteroatoms. The summed E-state index contributed by atoms with van der Waals surface area (Å²) in [5.41, 5.74) is 0.358. The van der Waals surface area contributed by atoms with Crippen molar-refractivity contribution in [2.45, 2.75) is 25.9 Å². The normalized spacial score (nSPS) is 23.3. The maximum Gasteiger partial charge on any atom is 1.00 e. The molecule has 1 atom stereocenters. The van der Waals surface area contributed by atoms with Crippen LogP contribution < -0.4 is 34.7 Å². The van der Waals surface area contributed by atoms with Crippen molar-refractivity contribution >= 4 is 17.5 Å². The second-order valence-electron chi connectivity index (χ2n) is 4.50. The van der Waals surface area contributed by atoms with Crippen molar-refractivity contribution in [3.8, 4) is 0 Å². The van der Waals surface area contributed by atoms with E-state index in [2.05, 4.69) is 4.99 Å². The summed E-state index contributed by atoms with van der Waals surface area (Å²) >= 11 is 0. The molecule has 2 heterocycles. The Kier molecular flexibility index (Phi) is 6.19. The molecule has 2 aliphatic heterocycles. The van der Waals surface area contributed by atoms with Crippen LogP contribution in [-0.2, 0) is 14.3 Å². The molecule has 1 fully saturated rings. The molecule has 2 aliphatic rings. The molecule has 6 nitrogen and oxygen atoms in total. The Hall–Kier alpha value is -0.690. The van der Waals surface area contributed by atoms with E-state index in [4.69, 9.17) is 4.74 Å². The number of rotatable bonds is 3. The van der Waals surface area contributed by atoms with Crippen LogP contribution in [0.15, 0.2) is 16.9 Å². The fraction of sp³-hybridized carbons (Fsp3) is 0.583. The Bertz CT molecular complexity index is 433. The number of hydrogen-bond acceptors (Lipinski definition) is 6. The van der Waals surface area contributed by atoms with Gasteiger partial charge in [0, 0.05) is 43.7 Å². The van der Waals surface area contributed by atoms with E-state index in [0.717, 1.165) is 0 Å². The predicted octanol–water partition coefficient (Wildman–Crippen LogP) is -3.89. The number of morpholine rings is 1. The van der Waals surface area contributed by atoms with Gasteiger partial charge < -0.3 is 19.5 Å². The van der Waals surface area contributed by atoms with Gasteiger partial charge in [-0.15, -0.1) is 0 Å². The molecule has 0 aliphatic carbocycles. The summed E-state index contributed by atoms with van der Waals surface area (Å²) in [6.45, 7) is 3.84. The molecular weight excluding hydrogens is 259 g/mol. The molecule has 1 saturated heterocycles. The first-order valence-corrected chi connectivity index (χ1v) is 5.92. The van der Waals surface area contributed by atoms with Crippen LogP contribution in [0.1, 0.15) is 19.8 Å². The SMILES string of the molecule is CC1CN(C2=CC(=O)CC(CC(=O)[O-])=N2)CCO1.[Na+]. The number of aliphatic carboxylic acids is 1. The molecule has 0 aromatic carbocycles. The standard InChI is InChI=1S/C12H16N2O4.Na/c1-8-7-14(2-3-18-8)11-6-10(15)4-9(13-11)5-12(16)17;/h6,8H,2-5,7H2,1H3,(H,16,17);/q;+1/p-1. The van der Waals surface area contributed by atoms with Gasteiger partial charge >= 0.3 is 29.6 Å². The van der Waals surface area contributed by atoms with Gasteiger partial charge in [0.25, 0.3) is 0 Å². The fourth-order valence-electron chi connectivity index (χ4n) is 2.09. The minimum atomic E-state index is -1.21. The summed E-state index contributed by atoms with van der Waals surface area (Å²) in [6.07, 6.45) is 1.33. The Morgan fingerprint density at radius 2 is 2.37 bits per heavy atom. The monoisotopic (exact) mass is 274 g/mol. The topological polar surface area (TPSA) is 82.0 Å². The maximum atomic E-state index is 11.6. The number of allylic oxidation sites excluding steroid dienone is 1. The van der Waals surface area contributed by atoms with Gasteiger partial charge in [0.05, 0.1) is 12.7 Å². The summed E-state index contributed by atoms with van der Waals surface area (Å²) in [6, 6.07) is 0. The van der Waals surface area contributed by atoms with Gasteiger partial charge in [-0.2, -0.15) is 0 Å². The van der Waals surface area contributed by atoms with Gasteiger partial charge in [0.2, 0.25) is 0 Å². The Morgan fingerprint density at radius 1 is 1.63 bits per heavy atom. The number of carboxylic acids is 1. The van der Waals surface area contributed by atoms with E-state index in [0.29, 0.717) is 31.2 Å². The van der Waals surface area contributed by atoms with Crippen LogP contribution in [0.4, 0.5) is 0 Å². The molecule has 2 rings (SSSR count). The zero-order valence-corrected chi connectivity index (χ0v) is 13.2. The van der Waals surface area contributed by atoms with Crippen LogP contribution in [0.3, 0.4) is 0 Å². The first kappa shape index (κ1) is 16.4. The van der Waals surface area contributed by atoms with Gasteiger partial charge in [-0.1, -0.05) is 0 Å². The van der Waals surface area contributed by atoms with E-state index in [1.165, 1.54) is 6.08 Å². The van der Waals surface area contributed by atoms with E-state index in [9.17, 15) is 14.7 Å². The number of ether oxygens (including phenoxy) is 1. The summed E-state index contributed by atoms with van der Waals surface area (Å²) in [7, 11) is 0. The summed E-state index contributed by atoms with van der Waals surface area (Å²) in [5.74, 6) is -0.786. The third-order valence-corrected chi connectivity index (χ3v) is 2.85. The van der Waals surface area contributed by atoms with Crippen molar-refractivity contribution in [2.24, 2.45) is 4.99 Å². The Labute approximate surface area is 133 Å². The smallest absolute Gasteiger partial charge is 0.550 e. The van der Waals surface area contributed by atoms with Crippen molar-refractivity contribution in [3.63, 3.8) is 0 Å². The van der Waals surface area contributed by atoms with E-state index >= 15 is 0 Å². The number of nitrogens with zero attached hydrogens (tertiary/aromatic N) is 2. The zero-order valence-electron chi connectivity index (χ0n) is 11.2. The first-order valence-electron chi connectivity index (χ1n) is 5.92. The molecule has 0 bridgehead atoms. The Balaban J connectivity index is 0.00000180. The Morgan fingerprint density at radius 3 is 3.00 bits per heavy atom. The largest absolute Gasteiger partial charge is 1.00 e. The third kappa shape index (κ3) is 4.72. The summed E-state index contributed by atoms with van der Waals surface area (Å²) in [4.78, 5) is 28.3. The molecule has 0 aromatic rings. The summed E-state index contributed by atoms with van der Waals surface area (Å²) in [5, 5.41) is 10.6. The fourth-order valence-corrected chi connectivity index (χ4v) is 2.09. The summed E-state index contributed by atoms with van der Waals surface area (Å²) < 4.78 is 5.41. The molecule has 0 radical (unpaired) electrons. The van der Waals surface area contributed by atoms with Crippen molar-refractivity contribution in [2.75, 3.05) is 19.7 Å².